The summed E-state index contributed by atoms with van der Waals surface area (Å²) in [4.78, 5) is 25.8. The van der Waals surface area contributed by atoms with Crippen molar-refractivity contribution in [1.82, 2.24) is 10.2 Å². The minimum Gasteiger partial charge on any atom is -0.493 e. The first-order valence-electron chi connectivity index (χ1n) is 8.52. The lowest BCUT2D eigenvalue weighted by Gasteiger charge is -2.15. The second-order valence-electron chi connectivity index (χ2n) is 6.74. The van der Waals surface area contributed by atoms with Gasteiger partial charge < -0.3 is 19.4 Å². The van der Waals surface area contributed by atoms with Gasteiger partial charge in [-0.25, -0.2) is 0 Å². The van der Waals surface area contributed by atoms with Gasteiger partial charge in [0, 0.05) is 37.5 Å². The van der Waals surface area contributed by atoms with Crippen LogP contribution >= 0.6 is 0 Å². The van der Waals surface area contributed by atoms with Gasteiger partial charge in [-0.05, 0) is 43.9 Å². The van der Waals surface area contributed by atoms with Crippen LogP contribution in [0.1, 0.15) is 35.0 Å². The number of methoxy groups -OCH3 is 1. The van der Waals surface area contributed by atoms with Crippen LogP contribution in [0, 0.1) is 19.8 Å². The lowest BCUT2D eigenvalue weighted by molar-refractivity contribution is -0.119. The van der Waals surface area contributed by atoms with Crippen LogP contribution in [0.15, 0.2) is 16.5 Å². The van der Waals surface area contributed by atoms with E-state index in [2.05, 4.69) is 5.32 Å². The van der Waals surface area contributed by atoms with Crippen LogP contribution in [-0.2, 0) is 4.79 Å². The van der Waals surface area contributed by atoms with E-state index in [4.69, 9.17) is 9.15 Å². The summed E-state index contributed by atoms with van der Waals surface area (Å²) in [6.45, 7) is 7.31. The molecule has 0 bridgehead atoms. The Morgan fingerprint density at radius 1 is 1.36 bits per heavy atom. The molecule has 0 aliphatic carbocycles. The highest BCUT2D eigenvalue weighted by molar-refractivity contribution is 6.00. The number of amides is 2. The number of rotatable bonds is 4. The molecule has 0 spiro atoms. The first-order chi connectivity index (χ1) is 11.9. The lowest BCUT2D eigenvalue weighted by atomic mass is 10.1. The summed E-state index contributed by atoms with van der Waals surface area (Å²) >= 11 is 0. The molecule has 1 fully saturated rings. The fraction of sp³-hybridized carbons (Fsp3) is 0.474. The molecule has 1 aromatic carbocycles. The zero-order valence-electron chi connectivity index (χ0n) is 15.1. The standard InChI is InChI=1S/C19H24N2O4/c1-11-7-15-12(2)17(25-18(15)16(8-11)24-4)19(23)21-6-5-14(10-21)9-20-13(3)22/h7-8,14H,5-6,9-10H2,1-4H3,(H,20,22). The molecule has 2 amide bonds. The summed E-state index contributed by atoms with van der Waals surface area (Å²) in [6, 6.07) is 3.91. The van der Waals surface area contributed by atoms with Gasteiger partial charge in [0.1, 0.15) is 0 Å². The van der Waals surface area contributed by atoms with Crippen LogP contribution < -0.4 is 10.1 Å². The molecule has 134 valence electrons. The van der Waals surface area contributed by atoms with Crippen molar-refractivity contribution in [3.8, 4) is 5.75 Å². The number of benzene rings is 1. The molecule has 25 heavy (non-hydrogen) atoms. The van der Waals surface area contributed by atoms with Crippen LogP contribution in [0.3, 0.4) is 0 Å². The van der Waals surface area contributed by atoms with E-state index < -0.39 is 0 Å². The largest absolute Gasteiger partial charge is 0.493 e. The summed E-state index contributed by atoms with van der Waals surface area (Å²) in [7, 11) is 1.60. The number of furan rings is 1. The van der Waals surface area contributed by atoms with Crippen molar-refractivity contribution in [3.05, 3.63) is 29.0 Å². The number of nitrogens with one attached hydrogen (secondary N) is 1. The average Bonchev–Trinajstić information content (AvgIpc) is 3.17. The van der Waals surface area contributed by atoms with Gasteiger partial charge in [-0.15, -0.1) is 0 Å². The lowest BCUT2D eigenvalue weighted by Crippen LogP contribution is -2.32. The van der Waals surface area contributed by atoms with Crippen LogP contribution in [-0.4, -0.2) is 43.5 Å². The Morgan fingerprint density at radius 3 is 2.80 bits per heavy atom. The molecule has 1 aliphatic heterocycles. The Balaban J connectivity index is 1.83. The van der Waals surface area contributed by atoms with E-state index in [0.717, 1.165) is 22.9 Å². The molecule has 1 unspecified atom stereocenters. The summed E-state index contributed by atoms with van der Waals surface area (Å²) in [5, 5.41) is 3.74. The predicted molar refractivity (Wildman–Crippen MR) is 94.9 cm³/mol. The maximum Gasteiger partial charge on any atom is 0.289 e. The van der Waals surface area contributed by atoms with Crippen molar-refractivity contribution in [2.75, 3.05) is 26.7 Å². The smallest absolute Gasteiger partial charge is 0.289 e. The van der Waals surface area contributed by atoms with Crippen molar-refractivity contribution >= 4 is 22.8 Å². The van der Waals surface area contributed by atoms with Gasteiger partial charge in [-0.2, -0.15) is 0 Å². The number of likely N-dealkylation sites (tertiary alicyclic amines) is 1. The number of nitrogens with zero attached hydrogens (tertiary/aromatic N) is 1. The first kappa shape index (κ1) is 17.3. The Hall–Kier alpha value is -2.50. The monoisotopic (exact) mass is 344 g/mol. The van der Waals surface area contributed by atoms with Gasteiger partial charge in [-0.3, -0.25) is 9.59 Å². The van der Waals surface area contributed by atoms with Gasteiger partial charge >= 0.3 is 0 Å². The van der Waals surface area contributed by atoms with Gasteiger partial charge in [0.05, 0.1) is 7.11 Å². The molecule has 1 saturated heterocycles. The summed E-state index contributed by atoms with van der Waals surface area (Å²) in [6.07, 6.45) is 0.883. The highest BCUT2D eigenvalue weighted by atomic mass is 16.5. The molecule has 3 rings (SSSR count). The molecule has 0 saturated carbocycles. The highest BCUT2D eigenvalue weighted by Gasteiger charge is 2.30. The zero-order chi connectivity index (χ0) is 18.1. The SMILES string of the molecule is COc1cc(C)cc2c(C)c(C(=O)N3CCC(CNC(C)=O)C3)oc12. The van der Waals surface area contributed by atoms with E-state index in [0.29, 0.717) is 36.7 Å². The fourth-order valence-electron chi connectivity index (χ4n) is 3.40. The maximum atomic E-state index is 12.9. The summed E-state index contributed by atoms with van der Waals surface area (Å²) in [5.74, 6) is 1.16. The maximum absolute atomic E-state index is 12.9. The Kier molecular flexibility index (Phi) is 4.70. The quantitative estimate of drug-likeness (QED) is 0.925. The molecule has 6 heteroatoms. The van der Waals surface area contributed by atoms with E-state index in [9.17, 15) is 9.59 Å². The molecular weight excluding hydrogens is 320 g/mol. The van der Waals surface area contributed by atoms with Crippen LogP contribution in [0.4, 0.5) is 0 Å². The van der Waals surface area contributed by atoms with Crippen molar-refractivity contribution in [1.29, 1.82) is 0 Å². The number of hydrogen-bond donors (Lipinski definition) is 1. The molecule has 2 aromatic rings. The predicted octanol–water partition coefficient (Wildman–Crippen LogP) is 2.66. The zero-order valence-corrected chi connectivity index (χ0v) is 15.1. The van der Waals surface area contributed by atoms with Gasteiger partial charge in [0.15, 0.2) is 17.1 Å². The Bertz CT molecular complexity index is 824. The normalized spacial score (nSPS) is 17.1. The third kappa shape index (κ3) is 3.34. The number of carbonyl (C=O) groups is 2. The van der Waals surface area contributed by atoms with Crippen molar-refractivity contribution in [3.63, 3.8) is 0 Å². The molecule has 2 heterocycles. The van der Waals surface area contributed by atoms with Crippen molar-refractivity contribution < 1.29 is 18.7 Å². The topological polar surface area (TPSA) is 71.8 Å². The Labute approximate surface area is 147 Å². The van der Waals surface area contributed by atoms with Crippen LogP contribution in [0.2, 0.25) is 0 Å². The number of carbonyl (C=O) groups excluding carboxylic acids is 2. The molecule has 1 N–H and O–H groups in total. The molecule has 1 atom stereocenters. The molecule has 0 radical (unpaired) electrons. The van der Waals surface area contributed by atoms with Crippen molar-refractivity contribution in [2.24, 2.45) is 5.92 Å². The third-order valence-electron chi connectivity index (χ3n) is 4.77. The molecule has 1 aliphatic rings. The van der Waals surface area contributed by atoms with E-state index in [1.165, 1.54) is 6.92 Å². The fourth-order valence-corrected chi connectivity index (χ4v) is 3.40. The molecule has 1 aromatic heterocycles. The van der Waals surface area contributed by atoms with E-state index >= 15 is 0 Å². The third-order valence-corrected chi connectivity index (χ3v) is 4.77. The minimum absolute atomic E-state index is 0.0413. The van der Waals surface area contributed by atoms with Crippen LogP contribution in [0.25, 0.3) is 11.0 Å². The van der Waals surface area contributed by atoms with Crippen molar-refractivity contribution in [2.45, 2.75) is 27.2 Å². The second kappa shape index (κ2) is 6.78. The number of ether oxygens (including phenoxy) is 1. The Morgan fingerprint density at radius 2 is 2.12 bits per heavy atom. The number of aryl methyl sites for hydroxylation is 2. The summed E-state index contributed by atoms with van der Waals surface area (Å²) in [5.41, 5.74) is 2.51. The first-order valence-corrected chi connectivity index (χ1v) is 8.52. The molecular formula is C19H24N2O4. The summed E-state index contributed by atoms with van der Waals surface area (Å²) < 4.78 is 11.3. The highest BCUT2D eigenvalue weighted by Crippen LogP contribution is 2.34. The van der Waals surface area contributed by atoms with Crippen LogP contribution in [0.5, 0.6) is 5.75 Å². The van der Waals surface area contributed by atoms with E-state index in [1.807, 2.05) is 26.0 Å². The van der Waals surface area contributed by atoms with E-state index in [-0.39, 0.29) is 17.7 Å². The second-order valence-corrected chi connectivity index (χ2v) is 6.74. The van der Waals surface area contributed by atoms with E-state index in [1.54, 1.807) is 12.0 Å². The molecule has 6 nitrogen and oxygen atoms in total. The minimum atomic E-state index is -0.0984. The number of fused-ring (bicyclic) bond motifs is 1. The van der Waals surface area contributed by atoms with Gasteiger partial charge in [-0.1, -0.05) is 0 Å². The van der Waals surface area contributed by atoms with Gasteiger partial charge in [0.25, 0.3) is 5.91 Å². The van der Waals surface area contributed by atoms with Gasteiger partial charge in [0.2, 0.25) is 5.91 Å². The average molecular weight is 344 g/mol. The number of hydrogen-bond acceptors (Lipinski definition) is 4.